The summed E-state index contributed by atoms with van der Waals surface area (Å²) in [7, 11) is 0. The molecule has 0 radical (unpaired) electrons. The van der Waals surface area contributed by atoms with E-state index in [0.717, 1.165) is 24.3 Å². The molecule has 178 valence electrons. The molecular formula is C27H46O4. The van der Waals surface area contributed by atoms with Gasteiger partial charge in [0.1, 0.15) is 11.7 Å². The first-order chi connectivity index (χ1) is 14.4. The Morgan fingerprint density at radius 2 is 1.68 bits per heavy atom. The summed E-state index contributed by atoms with van der Waals surface area (Å²) in [6, 6.07) is 0. The number of hydrogen-bond donors (Lipinski definition) is 4. The molecule has 0 heterocycles. The Bertz CT molecular complexity index is 718. The van der Waals surface area contributed by atoms with Crippen molar-refractivity contribution in [1.82, 2.24) is 0 Å². The van der Waals surface area contributed by atoms with Crippen LogP contribution in [0.4, 0.5) is 0 Å². The molecule has 1 unspecified atom stereocenters. The summed E-state index contributed by atoms with van der Waals surface area (Å²) in [5, 5.41) is 45.1. The highest BCUT2D eigenvalue weighted by molar-refractivity contribution is 5.40. The number of aliphatic hydroxyl groups excluding tert-OH is 2. The molecule has 31 heavy (non-hydrogen) atoms. The van der Waals surface area contributed by atoms with E-state index in [4.69, 9.17) is 0 Å². The molecule has 0 aromatic carbocycles. The lowest BCUT2D eigenvalue weighted by Crippen LogP contribution is -2.72. The fraction of sp³-hybridized carbons (Fsp3) is 0.926. The fourth-order valence-corrected chi connectivity index (χ4v) is 8.53. The second-order valence-corrected chi connectivity index (χ2v) is 12.6. The lowest BCUT2D eigenvalue weighted by Gasteiger charge is -2.65. The minimum atomic E-state index is -1.47. The van der Waals surface area contributed by atoms with Crippen LogP contribution in [-0.4, -0.2) is 43.8 Å². The van der Waals surface area contributed by atoms with Gasteiger partial charge in [-0.25, -0.2) is 0 Å². The van der Waals surface area contributed by atoms with Crippen LogP contribution in [0, 0.1) is 34.5 Å². The summed E-state index contributed by atoms with van der Waals surface area (Å²) in [4.78, 5) is 0. The number of hydrogen-bond acceptors (Lipinski definition) is 4. The number of fused-ring (bicyclic) bond motifs is 5. The van der Waals surface area contributed by atoms with Crippen LogP contribution in [0.25, 0.3) is 0 Å². The summed E-state index contributed by atoms with van der Waals surface area (Å²) in [5.74, 6) is 2.35. The standard InChI is InChI=1S/C27H46O4/c1-17(2)7-6-8-18(3)20-9-10-21-22-15-23(29)27(31)16-19(28)11-12-25(27,5)26(22,30)14-13-24(20,21)4/h15,17-21,23,28-31H,6-14,16H2,1-5H3/t18-,19+,20-,21?,23-,24-,25-,26-,27+/m1/s1. The van der Waals surface area contributed by atoms with E-state index >= 15 is 0 Å². The van der Waals surface area contributed by atoms with E-state index < -0.39 is 28.8 Å². The van der Waals surface area contributed by atoms with Gasteiger partial charge < -0.3 is 20.4 Å². The molecule has 9 atom stereocenters. The second-order valence-electron chi connectivity index (χ2n) is 12.6. The van der Waals surface area contributed by atoms with Crippen LogP contribution >= 0.6 is 0 Å². The minimum Gasteiger partial charge on any atom is -0.393 e. The number of rotatable bonds is 5. The van der Waals surface area contributed by atoms with Gasteiger partial charge in [-0.1, -0.05) is 60.0 Å². The molecule has 0 amide bonds. The molecule has 3 saturated carbocycles. The zero-order valence-electron chi connectivity index (χ0n) is 20.4. The van der Waals surface area contributed by atoms with Crippen LogP contribution in [0.1, 0.15) is 98.8 Å². The van der Waals surface area contributed by atoms with Crippen LogP contribution in [0.5, 0.6) is 0 Å². The molecule has 0 spiro atoms. The third-order valence-corrected chi connectivity index (χ3v) is 10.6. The molecule has 4 heteroatoms. The minimum absolute atomic E-state index is 0.133. The Kier molecular flexibility index (Phi) is 5.99. The van der Waals surface area contributed by atoms with Gasteiger partial charge in [-0.3, -0.25) is 0 Å². The Hall–Kier alpha value is -0.420. The van der Waals surface area contributed by atoms with Crippen molar-refractivity contribution in [3.8, 4) is 0 Å². The quantitative estimate of drug-likeness (QED) is 0.477. The van der Waals surface area contributed by atoms with Crippen molar-refractivity contribution in [2.75, 3.05) is 0 Å². The van der Waals surface area contributed by atoms with E-state index in [9.17, 15) is 20.4 Å². The van der Waals surface area contributed by atoms with Gasteiger partial charge in [0, 0.05) is 11.8 Å². The summed E-state index contributed by atoms with van der Waals surface area (Å²) < 4.78 is 0. The summed E-state index contributed by atoms with van der Waals surface area (Å²) in [6.07, 6.45) is 9.08. The SMILES string of the molecule is CC(C)CCC[C@@H](C)[C@H]1CCC2C3=C[C@@H](O)[C@@]4(O)C[C@@H](O)CC[C@]4(C)[C@@]3(O)CC[C@@]21C. The Morgan fingerprint density at radius 1 is 0.968 bits per heavy atom. The van der Waals surface area contributed by atoms with Crippen molar-refractivity contribution in [3.05, 3.63) is 11.6 Å². The van der Waals surface area contributed by atoms with Crippen molar-refractivity contribution < 1.29 is 20.4 Å². The normalized spacial score (nSPS) is 50.5. The molecule has 0 aliphatic heterocycles. The van der Waals surface area contributed by atoms with Gasteiger partial charge in [0.25, 0.3) is 0 Å². The van der Waals surface area contributed by atoms with Crippen molar-refractivity contribution >= 4 is 0 Å². The molecule has 0 saturated heterocycles. The van der Waals surface area contributed by atoms with Crippen LogP contribution in [0.3, 0.4) is 0 Å². The molecule has 4 N–H and O–H groups in total. The highest BCUT2D eigenvalue weighted by Crippen LogP contribution is 2.69. The predicted molar refractivity (Wildman–Crippen MR) is 123 cm³/mol. The Labute approximate surface area is 189 Å². The van der Waals surface area contributed by atoms with Gasteiger partial charge in [0.05, 0.1) is 11.7 Å². The maximum atomic E-state index is 12.2. The van der Waals surface area contributed by atoms with Crippen LogP contribution in [0.2, 0.25) is 0 Å². The summed E-state index contributed by atoms with van der Waals surface area (Å²) in [6.45, 7) is 11.4. The first-order valence-electron chi connectivity index (χ1n) is 12.9. The molecule has 4 rings (SSSR count). The van der Waals surface area contributed by atoms with Gasteiger partial charge in [-0.05, 0) is 73.2 Å². The van der Waals surface area contributed by atoms with Crippen molar-refractivity contribution in [1.29, 1.82) is 0 Å². The van der Waals surface area contributed by atoms with Crippen LogP contribution < -0.4 is 0 Å². The summed E-state index contributed by atoms with van der Waals surface area (Å²) >= 11 is 0. The van der Waals surface area contributed by atoms with Crippen molar-refractivity contribution in [3.63, 3.8) is 0 Å². The van der Waals surface area contributed by atoms with E-state index in [-0.39, 0.29) is 17.8 Å². The molecule has 0 bridgehead atoms. The molecule has 4 aliphatic rings. The van der Waals surface area contributed by atoms with Crippen molar-refractivity contribution in [2.45, 2.75) is 122 Å². The largest absolute Gasteiger partial charge is 0.393 e. The van der Waals surface area contributed by atoms with Gasteiger partial charge in [0.15, 0.2) is 0 Å². The van der Waals surface area contributed by atoms with E-state index in [1.807, 2.05) is 6.92 Å². The second kappa shape index (κ2) is 7.82. The maximum absolute atomic E-state index is 12.2. The maximum Gasteiger partial charge on any atom is 0.105 e. The molecular weight excluding hydrogens is 388 g/mol. The highest BCUT2D eigenvalue weighted by Gasteiger charge is 2.70. The van der Waals surface area contributed by atoms with Crippen molar-refractivity contribution in [2.24, 2.45) is 34.5 Å². The van der Waals surface area contributed by atoms with Crippen LogP contribution in [-0.2, 0) is 0 Å². The predicted octanol–water partition coefficient (Wildman–Crippen LogP) is 4.59. The summed E-state index contributed by atoms with van der Waals surface area (Å²) in [5.41, 5.74) is -2.26. The third-order valence-electron chi connectivity index (χ3n) is 10.6. The molecule has 4 aliphatic carbocycles. The molecule has 0 aromatic heterocycles. The fourth-order valence-electron chi connectivity index (χ4n) is 8.53. The average molecular weight is 435 g/mol. The van der Waals surface area contributed by atoms with Crippen LogP contribution in [0.15, 0.2) is 11.6 Å². The molecule has 3 fully saturated rings. The Balaban J connectivity index is 1.63. The monoisotopic (exact) mass is 434 g/mol. The highest BCUT2D eigenvalue weighted by atomic mass is 16.4. The molecule has 0 aromatic rings. The van der Waals surface area contributed by atoms with Gasteiger partial charge in [0.2, 0.25) is 0 Å². The first kappa shape index (κ1) is 23.7. The number of aliphatic hydroxyl groups is 4. The van der Waals surface area contributed by atoms with Gasteiger partial charge >= 0.3 is 0 Å². The lowest BCUT2D eigenvalue weighted by molar-refractivity contribution is -0.258. The molecule has 4 nitrogen and oxygen atoms in total. The van der Waals surface area contributed by atoms with E-state index in [0.29, 0.717) is 31.1 Å². The zero-order chi connectivity index (χ0) is 22.8. The smallest absolute Gasteiger partial charge is 0.105 e. The average Bonchev–Trinajstić information content (AvgIpc) is 3.03. The van der Waals surface area contributed by atoms with E-state index in [1.165, 1.54) is 25.7 Å². The lowest BCUT2D eigenvalue weighted by atomic mass is 9.43. The first-order valence-corrected chi connectivity index (χ1v) is 12.9. The van der Waals surface area contributed by atoms with Gasteiger partial charge in [-0.15, -0.1) is 0 Å². The van der Waals surface area contributed by atoms with Gasteiger partial charge in [-0.2, -0.15) is 0 Å². The Morgan fingerprint density at radius 3 is 2.35 bits per heavy atom. The van der Waals surface area contributed by atoms with E-state index in [1.54, 1.807) is 6.08 Å². The van der Waals surface area contributed by atoms with E-state index in [2.05, 4.69) is 27.7 Å². The zero-order valence-corrected chi connectivity index (χ0v) is 20.4. The topological polar surface area (TPSA) is 80.9 Å². The third kappa shape index (κ3) is 3.30.